The first-order chi connectivity index (χ1) is 13.5. The molecule has 1 unspecified atom stereocenters. The number of hydrogen-bond donors (Lipinski definition) is 1. The Kier molecular flexibility index (Phi) is 15.3. The Hall–Kier alpha value is -0.319. The first-order valence-electron chi connectivity index (χ1n) is 11.2. The van der Waals surface area contributed by atoms with Crippen molar-refractivity contribution in [2.24, 2.45) is 5.92 Å². The van der Waals surface area contributed by atoms with Gasteiger partial charge in [0, 0.05) is 0 Å². The quantitative estimate of drug-likeness (QED) is 0.434. The van der Waals surface area contributed by atoms with Crippen molar-refractivity contribution in [2.75, 3.05) is 0 Å². The second-order valence-electron chi connectivity index (χ2n) is 8.19. The van der Waals surface area contributed by atoms with Crippen LogP contribution in [0.25, 0.3) is 0 Å². The molecule has 0 heterocycles. The summed E-state index contributed by atoms with van der Waals surface area (Å²) in [6.07, 6.45) is 10.6. The number of carbonyl (C=O) groups is 1. The summed E-state index contributed by atoms with van der Waals surface area (Å²) >= 11 is -1.80. The molecule has 0 radical (unpaired) electrons. The molecule has 0 spiro atoms. The molecule has 0 bridgehead atoms. The Morgan fingerprint density at radius 2 is 1.63 bits per heavy atom. The summed E-state index contributed by atoms with van der Waals surface area (Å²) in [6, 6.07) is 11.1. The van der Waals surface area contributed by atoms with Crippen LogP contribution in [0.4, 0.5) is 0 Å². The summed E-state index contributed by atoms with van der Waals surface area (Å²) in [5.74, 6) is 0.677. The third-order valence-corrected chi connectivity index (χ3v) is 20.6. The standard InChI is InChI=1S/C11H15NO.C7H9.C6H15Si.2ClH.Ti/c1-2-3-4-9-5-7-10(8-6-9)11(12)13;1-6-3-4-7(2)5-6;1-3-5-7-6-4-2;;;/h5-8H,2-4H2,1H3,(H2,12,13);3-4,6H,1-2H3;7H,3-6H2,1-2H3;2*1H;/q;;;;;+3/p-3. The van der Waals surface area contributed by atoms with E-state index in [0.717, 1.165) is 12.0 Å². The Balaban J connectivity index is 0.00000420. The Labute approximate surface area is 204 Å². The zero-order valence-electron chi connectivity index (χ0n) is 19.2. The summed E-state index contributed by atoms with van der Waals surface area (Å²) in [5, 5.41) is 0. The van der Waals surface area contributed by atoms with Crippen molar-refractivity contribution in [1.82, 2.24) is 3.80 Å². The number of nitrogens with one attached hydrogen (secondary N) is 1. The molecule has 30 heavy (non-hydrogen) atoms. The topological polar surface area (TPSA) is 29.1 Å². The average Bonchev–Trinajstić information content (AvgIpc) is 3.03. The van der Waals surface area contributed by atoms with E-state index in [2.05, 4.69) is 62.7 Å². The molecular weight excluding hydrogens is 465 g/mol. The largest absolute Gasteiger partial charge is 1.00 e. The molecule has 2 nitrogen and oxygen atoms in total. The minimum Gasteiger partial charge on any atom is -1.00 e. The SMILES string of the molecule is CCCCc1ccc(C(=O)[NH][Ti+2]([C]2=C(C)C=CC2C)[SiH](CCC)CCC)cc1.[Cl-].[Cl-]. The molecule has 0 aliphatic heterocycles. The van der Waals surface area contributed by atoms with Crippen LogP contribution < -0.4 is 28.6 Å². The van der Waals surface area contributed by atoms with Crippen molar-refractivity contribution in [3.05, 3.63) is 57.0 Å². The van der Waals surface area contributed by atoms with Crippen molar-refractivity contribution < 1.29 is 47.0 Å². The van der Waals surface area contributed by atoms with E-state index in [1.165, 1.54) is 48.9 Å². The number of rotatable bonds is 11. The fraction of sp³-hybridized carbons (Fsp3) is 0.542. The van der Waals surface area contributed by atoms with Crippen LogP contribution in [-0.4, -0.2) is 12.6 Å². The van der Waals surface area contributed by atoms with Crippen LogP contribution in [-0.2, 0) is 23.8 Å². The van der Waals surface area contributed by atoms with Gasteiger partial charge in [-0.2, -0.15) is 0 Å². The minimum absolute atomic E-state index is 0. The van der Waals surface area contributed by atoms with Gasteiger partial charge >= 0.3 is 180 Å². The zero-order valence-corrected chi connectivity index (χ0v) is 23.5. The molecule has 6 heteroatoms. The van der Waals surface area contributed by atoms with Crippen LogP contribution in [0, 0.1) is 5.92 Å². The normalized spacial score (nSPS) is 15.1. The third-order valence-electron chi connectivity index (χ3n) is 5.77. The number of aryl methyl sites for hydroxylation is 1. The van der Waals surface area contributed by atoms with Crippen molar-refractivity contribution in [2.45, 2.75) is 78.8 Å². The van der Waals surface area contributed by atoms with E-state index in [4.69, 9.17) is 0 Å². The molecule has 1 amide bonds. The smallest absolute Gasteiger partial charge is 1.00 e. The van der Waals surface area contributed by atoms with E-state index < -0.39 is 24.0 Å². The average molecular weight is 503 g/mol. The third kappa shape index (κ3) is 8.32. The van der Waals surface area contributed by atoms with E-state index in [-0.39, 0.29) is 30.7 Å². The fourth-order valence-electron chi connectivity index (χ4n) is 4.21. The molecule has 0 saturated heterocycles. The maximum atomic E-state index is 13.2. The van der Waals surface area contributed by atoms with Crippen molar-refractivity contribution >= 4 is 12.6 Å². The molecule has 1 aromatic carbocycles. The number of allylic oxidation sites excluding steroid dienone is 4. The second kappa shape index (κ2) is 15.5. The summed E-state index contributed by atoms with van der Waals surface area (Å²) < 4.78 is 5.29. The van der Waals surface area contributed by atoms with E-state index >= 15 is 0 Å². The molecule has 1 aliphatic carbocycles. The monoisotopic (exact) mass is 502 g/mol. The summed E-state index contributed by atoms with van der Waals surface area (Å²) in [5.41, 5.74) is 3.61. The summed E-state index contributed by atoms with van der Waals surface area (Å²) in [6.45, 7) is 10.4. The summed E-state index contributed by atoms with van der Waals surface area (Å²) in [4.78, 5) is 13.2. The molecule has 0 fully saturated rings. The molecule has 1 aromatic rings. The Morgan fingerprint density at radius 3 is 2.10 bits per heavy atom. The van der Waals surface area contributed by atoms with Gasteiger partial charge < -0.3 is 24.8 Å². The van der Waals surface area contributed by atoms with E-state index in [1.807, 2.05) is 12.1 Å². The van der Waals surface area contributed by atoms with Crippen LogP contribution in [0.15, 0.2) is 45.9 Å². The van der Waals surface area contributed by atoms with Gasteiger partial charge in [-0.1, -0.05) is 0 Å². The second-order valence-corrected chi connectivity index (χ2v) is 19.5. The van der Waals surface area contributed by atoms with Gasteiger partial charge in [0.05, 0.1) is 0 Å². The van der Waals surface area contributed by atoms with Crippen LogP contribution in [0.1, 0.15) is 76.2 Å². The fourth-order valence-corrected chi connectivity index (χ4v) is 20.6. The van der Waals surface area contributed by atoms with Gasteiger partial charge in [-0.3, -0.25) is 0 Å². The molecule has 2 rings (SSSR count). The van der Waals surface area contributed by atoms with Gasteiger partial charge in [-0.15, -0.1) is 0 Å². The maximum Gasteiger partial charge on any atom is -1.00 e. The van der Waals surface area contributed by atoms with E-state index in [1.54, 1.807) is 3.88 Å². The molecular formula is C24H38Cl2NOSiTi. The number of amides is 1. The summed E-state index contributed by atoms with van der Waals surface area (Å²) in [7, 11) is 0. The molecule has 1 aliphatic rings. The van der Waals surface area contributed by atoms with Crippen molar-refractivity contribution in [3.8, 4) is 0 Å². The number of carbonyl (C=O) groups excluding carboxylic acids is 1. The van der Waals surface area contributed by atoms with Gasteiger partial charge in [0.15, 0.2) is 0 Å². The molecule has 1 atom stereocenters. The Morgan fingerprint density at radius 1 is 1.03 bits per heavy atom. The predicted molar refractivity (Wildman–Crippen MR) is 121 cm³/mol. The van der Waals surface area contributed by atoms with Crippen LogP contribution in [0.2, 0.25) is 12.1 Å². The van der Waals surface area contributed by atoms with Crippen LogP contribution in [0.3, 0.4) is 0 Å². The van der Waals surface area contributed by atoms with Gasteiger partial charge in [0.25, 0.3) is 0 Å². The maximum absolute atomic E-state index is 13.2. The van der Waals surface area contributed by atoms with Gasteiger partial charge in [0.2, 0.25) is 0 Å². The van der Waals surface area contributed by atoms with Gasteiger partial charge in [-0.05, 0) is 0 Å². The number of unbranched alkanes of at least 4 members (excludes halogenated alkanes) is 1. The predicted octanol–water partition coefficient (Wildman–Crippen LogP) is 0.324. The zero-order chi connectivity index (χ0) is 20.5. The molecule has 1 N–H and O–H groups in total. The Bertz CT molecular complexity index is 700. The molecule has 167 valence electrons. The first kappa shape index (κ1) is 29.7. The minimum atomic E-state index is -1.80. The van der Waals surface area contributed by atoms with Crippen molar-refractivity contribution in [1.29, 1.82) is 0 Å². The van der Waals surface area contributed by atoms with Crippen LogP contribution >= 0.6 is 0 Å². The van der Waals surface area contributed by atoms with E-state index in [9.17, 15) is 4.79 Å². The molecule has 0 aromatic heterocycles. The van der Waals surface area contributed by atoms with E-state index in [0.29, 0.717) is 5.92 Å². The van der Waals surface area contributed by atoms with Gasteiger partial charge in [-0.25, -0.2) is 0 Å². The van der Waals surface area contributed by atoms with Crippen LogP contribution in [0.5, 0.6) is 0 Å². The number of halogens is 2. The van der Waals surface area contributed by atoms with Crippen molar-refractivity contribution in [3.63, 3.8) is 0 Å². The molecule has 0 saturated carbocycles. The van der Waals surface area contributed by atoms with Gasteiger partial charge in [0.1, 0.15) is 0 Å². The first-order valence-corrected chi connectivity index (χ1v) is 17.7. The number of benzene rings is 1. The number of hydrogen-bond acceptors (Lipinski definition) is 1.